The van der Waals surface area contributed by atoms with E-state index in [9.17, 15) is 14.9 Å². The molecule has 0 saturated carbocycles. The van der Waals surface area contributed by atoms with Crippen molar-refractivity contribution in [3.8, 4) is 0 Å². The molecule has 0 bridgehead atoms. The molecule has 0 heterocycles. The second-order valence-electron chi connectivity index (χ2n) is 5.03. The van der Waals surface area contributed by atoms with Crippen LogP contribution in [0.4, 0.5) is 11.4 Å². The molecule has 0 fully saturated rings. The van der Waals surface area contributed by atoms with E-state index in [1.54, 1.807) is 19.1 Å². The fraction of sp³-hybridized carbons (Fsp3) is 0.188. The third-order valence-electron chi connectivity index (χ3n) is 3.31. The number of benzene rings is 2. The van der Waals surface area contributed by atoms with Gasteiger partial charge in [0.2, 0.25) is 0 Å². The molecule has 2 rings (SSSR count). The van der Waals surface area contributed by atoms with E-state index in [0.717, 1.165) is 11.1 Å². The highest BCUT2D eigenvalue weighted by atomic mass is 16.6. The van der Waals surface area contributed by atoms with Crippen LogP contribution in [-0.4, -0.2) is 10.8 Å². The van der Waals surface area contributed by atoms with E-state index >= 15 is 0 Å². The normalized spacial score (nSPS) is 10.2. The Kier molecular flexibility index (Phi) is 4.03. The van der Waals surface area contributed by atoms with Gasteiger partial charge in [0.25, 0.3) is 11.6 Å². The highest BCUT2D eigenvalue weighted by Crippen LogP contribution is 2.21. The lowest BCUT2D eigenvalue weighted by Gasteiger charge is -2.09. The Labute approximate surface area is 122 Å². The molecule has 0 aliphatic heterocycles. The molecule has 0 aliphatic rings. The minimum atomic E-state index is -0.482. The molecule has 2 aromatic carbocycles. The summed E-state index contributed by atoms with van der Waals surface area (Å²) in [6, 6.07) is 10.2. The number of anilines is 1. The van der Waals surface area contributed by atoms with Crippen LogP contribution < -0.4 is 5.32 Å². The first kappa shape index (κ1) is 14.7. The van der Waals surface area contributed by atoms with Crippen molar-refractivity contribution in [1.82, 2.24) is 0 Å². The first-order valence-electron chi connectivity index (χ1n) is 6.52. The lowest BCUT2D eigenvalue weighted by atomic mass is 10.1. The molecule has 108 valence electrons. The monoisotopic (exact) mass is 284 g/mol. The van der Waals surface area contributed by atoms with Crippen LogP contribution in [0.2, 0.25) is 0 Å². The Morgan fingerprint density at radius 1 is 1.05 bits per heavy atom. The van der Waals surface area contributed by atoms with Crippen LogP contribution in [0.5, 0.6) is 0 Å². The Morgan fingerprint density at radius 3 is 2.38 bits per heavy atom. The van der Waals surface area contributed by atoms with Gasteiger partial charge in [-0.3, -0.25) is 14.9 Å². The van der Waals surface area contributed by atoms with Crippen LogP contribution >= 0.6 is 0 Å². The summed E-state index contributed by atoms with van der Waals surface area (Å²) in [4.78, 5) is 22.7. The van der Waals surface area contributed by atoms with Gasteiger partial charge < -0.3 is 5.32 Å². The number of carbonyl (C=O) groups excluding carboxylic acids is 1. The maximum Gasteiger partial charge on any atom is 0.273 e. The third kappa shape index (κ3) is 3.25. The topological polar surface area (TPSA) is 72.2 Å². The molecule has 21 heavy (non-hydrogen) atoms. The van der Waals surface area contributed by atoms with E-state index in [1.165, 1.54) is 6.07 Å². The van der Waals surface area contributed by atoms with Gasteiger partial charge in [0.1, 0.15) is 0 Å². The minimum Gasteiger partial charge on any atom is -0.322 e. The fourth-order valence-corrected chi connectivity index (χ4v) is 2.01. The Hall–Kier alpha value is -2.69. The van der Waals surface area contributed by atoms with Gasteiger partial charge >= 0.3 is 0 Å². The van der Waals surface area contributed by atoms with Crippen molar-refractivity contribution in [1.29, 1.82) is 0 Å². The van der Waals surface area contributed by atoms with E-state index in [4.69, 9.17) is 0 Å². The first-order chi connectivity index (χ1) is 9.88. The number of hydrogen-bond donors (Lipinski definition) is 1. The molecular formula is C16H16N2O3. The van der Waals surface area contributed by atoms with Gasteiger partial charge in [0, 0.05) is 22.9 Å². The number of nitro benzene ring substituents is 1. The average Bonchev–Trinajstić information content (AvgIpc) is 2.43. The minimum absolute atomic E-state index is 0.0522. The average molecular weight is 284 g/mol. The van der Waals surface area contributed by atoms with Gasteiger partial charge in [-0.1, -0.05) is 18.2 Å². The van der Waals surface area contributed by atoms with Gasteiger partial charge in [0.15, 0.2) is 0 Å². The molecule has 0 saturated heterocycles. The third-order valence-corrected chi connectivity index (χ3v) is 3.31. The summed E-state index contributed by atoms with van der Waals surface area (Å²) in [6.45, 7) is 5.48. The van der Waals surface area contributed by atoms with Crippen LogP contribution in [-0.2, 0) is 0 Å². The number of hydrogen-bond acceptors (Lipinski definition) is 3. The summed E-state index contributed by atoms with van der Waals surface area (Å²) in [7, 11) is 0. The van der Waals surface area contributed by atoms with Crippen molar-refractivity contribution < 1.29 is 9.72 Å². The van der Waals surface area contributed by atoms with Crippen LogP contribution in [0.15, 0.2) is 36.4 Å². The molecule has 0 aromatic heterocycles. The molecule has 0 atom stereocenters. The maximum atomic E-state index is 12.2. The number of nitrogens with one attached hydrogen (secondary N) is 1. The van der Waals surface area contributed by atoms with Crippen LogP contribution in [0, 0.1) is 30.9 Å². The van der Waals surface area contributed by atoms with E-state index in [0.29, 0.717) is 11.3 Å². The highest BCUT2D eigenvalue weighted by molar-refractivity contribution is 6.05. The molecule has 2 aromatic rings. The van der Waals surface area contributed by atoms with Gasteiger partial charge in [0.05, 0.1) is 4.92 Å². The van der Waals surface area contributed by atoms with Crippen LogP contribution in [0.1, 0.15) is 27.0 Å². The largest absolute Gasteiger partial charge is 0.322 e. The quantitative estimate of drug-likeness (QED) is 0.688. The van der Waals surface area contributed by atoms with Crippen molar-refractivity contribution >= 4 is 17.3 Å². The highest BCUT2D eigenvalue weighted by Gasteiger charge is 2.15. The first-order valence-corrected chi connectivity index (χ1v) is 6.52. The molecule has 1 amide bonds. The number of carbonyl (C=O) groups is 1. The second-order valence-corrected chi connectivity index (χ2v) is 5.03. The predicted octanol–water partition coefficient (Wildman–Crippen LogP) is 3.77. The number of amides is 1. The predicted molar refractivity (Wildman–Crippen MR) is 81.7 cm³/mol. The molecule has 0 aliphatic carbocycles. The van der Waals surface area contributed by atoms with E-state index in [-0.39, 0.29) is 17.2 Å². The van der Waals surface area contributed by atoms with Crippen molar-refractivity contribution in [2.75, 3.05) is 5.32 Å². The standard InChI is InChI=1S/C16H16N2O3/c1-10-4-5-11(2)14(8-10)17-16(19)13-7-6-12(3)15(9-13)18(20)21/h4-9H,1-3H3,(H,17,19). The lowest BCUT2D eigenvalue weighted by Crippen LogP contribution is -2.13. The van der Waals surface area contributed by atoms with E-state index < -0.39 is 4.92 Å². The summed E-state index contributed by atoms with van der Waals surface area (Å²) in [5, 5.41) is 13.7. The molecule has 1 N–H and O–H groups in total. The number of nitrogens with zero attached hydrogens (tertiary/aromatic N) is 1. The second kappa shape index (κ2) is 5.75. The van der Waals surface area contributed by atoms with Gasteiger partial charge in [-0.25, -0.2) is 0 Å². The summed E-state index contributed by atoms with van der Waals surface area (Å²) in [5.74, 6) is -0.355. The van der Waals surface area contributed by atoms with Crippen LogP contribution in [0.3, 0.4) is 0 Å². The number of nitro groups is 1. The Morgan fingerprint density at radius 2 is 1.71 bits per heavy atom. The summed E-state index contributed by atoms with van der Waals surface area (Å²) < 4.78 is 0. The zero-order valence-electron chi connectivity index (χ0n) is 12.1. The van der Waals surface area contributed by atoms with Crippen LogP contribution in [0.25, 0.3) is 0 Å². The molecule has 5 heteroatoms. The summed E-state index contributed by atoms with van der Waals surface area (Å²) in [5.41, 5.74) is 3.43. The van der Waals surface area contributed by atoms with E-state index in [2.05, 4.69) is 5.32 Å². The zero-order valence-corrected chi connectivity index (χ0v) is 12.1. The SMILES string of the molecule is Cc1ccc(C)c(NC(=O)c2ccc(C)c([N+](=O)[O-])c2)c1. The maximum absolute atomic E-state index is 12.2. The molecule has 5 nitrogen and oxygen atoms in total. The Balaban J connectivity index is 2.30. The van der Waals surface area contributed by atoms with E-state index in [1.807, 2.05) is 32.0 Å². The van der Waals surface area contributed by atoms with Crippen molar-refractivity contribution in [2.24, 2.45) is 0 Å². The van der Waals surface area contributed by atoms with Gasteiger partial charge in [-0.15, -0.1) is 0 Å². The van der Waals surface area contributed by atoms with Crippen molar-refractivity contribution in [2.45, 2.75) is 20.8 Å². The number of aryl methyl sites for hydroxylation is 3. The molecule has 0 spiro atoms. The molecule has 0 radical (unpaired) electrons. The summed E-state index contributed by atoms with van der Waals surface area (Å²) in [6.07, 6.45) is 0. The van der Waals surface area contributed by atoms with Gasteiger partial charge in [-0.2, -0.15) is 0 Å². The Bertz CT molecular complexity index is 723. The smallest absolute Gasteiger partial charge is 0.273 e. The summed E-state index contributed by atoms with van der Waals surface area (Å²) >= 11 is 0. The fourth-order valence-electron chi connectivity index (χ4n) is 2.01. The lowest BCUT2D eigenvalue weighted by molar-refractivity contribution is -0.385. The molecular weight excluding hydrogens is 268 g/mol. The van der Waals surface area contributed by atoms with Gasteiger partial charge in [-0.05, 0) is 44.0 Å². The van der Waals surface area contributed by atoms with Crippen molar-refractivity contribution in [3.63, 3.8) is 0 Å². The zero-order chi connectivity index (χ0) is 15.6. The number of rotatable bonds is 3. The molecule has 0 unspecified atom stereocenters. The van der Waals surface area contributed by atoms with Crippen molar-refractivity contribution in [3.05, 3.63) is 68.8 Å².